The van der Waals surface area contributed by atoms with Crippen molar-refractivity contribution in [3.8, 4) is 0 Å². The largest absolute Gasteiger partial charge is 0.464 e. The van der Waals surface area contributed by atoms with Crippen molar-refractivity contribution in [2.24, 2.45) is 11.8 Å². The van der Waals surface area contributed by atoms with Crippen LogP contribution in [0, 0.1) is 11.8 Å². The lowest BCUT2D eigenvalue weighted by molar-refractivity contribution is 0.0324. The van der Waals surface area contributed by atoms with Gasteiger partial charge >= 0.3 is 7.12 Å². The third-order valence-corrected chi connectivity index (χ3v) is 13.1. The first-order chi connectivity index (χ1) is 14.6. The van der Waals surface area contributed by atoms with Gasteiger partial charge in [-0.25, -0.2) is 0 Å². The Morgan fingerprint density at radius 1 is 0.833 bits per heavy atom. The van der Waals surface area contributed by atoms with Gasteiger partial charge in [0, 0.05) is 5.82 Å². The lowest BCUT2D eigenvalue weighted by atomic mass is 9.73. The zero-order valence-corrected chi connectivity index (χ0v) is 21.2. The van der Waals surface area contributed by atoms with Crippen LogP contribution in [0.15, 0.2) is 12.2 Å². The minimum absolute atomic E-state index is 0.0781. The zero-order chi connectivity index (χ0) is 21.4. The van der Waals surface area contributed by atoms with Crippen LogP contribution in [0.1, 0.15) is 91.9 Å². The number of hydrogen-bond donors (Lipinski definition) is 0. The second kappa shape index (κ2) is 12.2. The van der Waals surface area contributed by atoms with E-state index in [0.29, 0.717) is 24.0 Å². The molecule has 3 atom stereocenters. The van der Waals surface area contributed by atoms with Crippen molar-refractivity contribution in [1.82, 2.24) is 0 Å². The highest BCUT2D eigenvalue weighted by molar-refractivity contribution is 6.73. The van der Waals surface area contributed by atoms with Crippen LogP contribution in [0.25, 0.3) is 0 Å². The van der Waals surface area contributed by atoms with Crippen molar-refractivity contribution in [3.63, 3.8) is 0 Å². The standard InChI is InChI=1S/C25H47BO3Si/c1-5-30(6-2,7-3)27-20-14-15-21(4)26-28-24(22-16-10-8-11-17-22)25(29-26)23-18-12-9-13-19-23/h14-15,21-25H,5-13,16-20H2,1-4H3/b15-14-/t21-,24-,25-/m1/s1. The van der Waals surface area contributed by atoms with Crippen molar-refractivity contribution in [1.29, 1.82) is 0 Å². The topological polar surface area (TPSA) is 27.7 Å². The monoisotopic (exact) mass is 434 g/mol. The van der Waals surface area contributed by atoms with E-state index in [1.165, 1.54) is 82.3 Å². The average molecular weight is 435 g/mol. The molecule has 0 aromatic rings. The summed E-state index contributed by atoms with van der Waals surface area (Å²) in [6.07, 6.45) is 18.8. The molecule has 0 amide bonds. The summed E-state index contributed by atoms with van der Waals surface area (Å²) in [6.45, 7) is 9.89. The average Bonchev–Trinajstić information content (AvgIpc) is 3.26. The van der Waals surface area contributed by atoms with Crippen molar-refractivity contribution in [2.45, 2.75) is 128 Å². The predicted molar refractivity (Wildman–Crippen MR) is 130 cm³/mol. The Hall–Kier alpha value is -0.0982. The quantitative estimate of drug-likeness (QED) is 0.265. The summed E-state index contributed by atoms with van der Waals surface area (Å²) >= 11 is 0. The van der Waals surface area contributed by atoms with E-state index in [2.05, 4.69) is 39.8 Å². The van der Waals surface area contributed by atoms with Crippen LogP contribution in [0.5, 0.6) is 0 Å². The molecule has 0 N–H and O–H groups in total. The van der Waals surface area contributed by atoms with Crippen LogP contribution < -0.4 is 0 Å². The maximum absolute atomic E-state index is 6.68. The van der Waals surface area contributed by atoms with E-state index in [9.17, 15) is 0 Å². The molecular formula is C25H47BO3Si. The molecule has 5 heteroatoms. The van der Waals surface area contributed by atoms with Crippen molar-refractivity contribution < 1.29 is 13.7 Å². The van der Waals surface area contributed by atoms with Gasteiger partial charge in [0.1, 0.15) is 0 Å². The Balaban J connectivity index is 1.57. The maximum atomic E-state index is 6.68. The van der Waals surface area contributed by atoms with E-state index in [4.69, 9.17) is 13.7 Å². The number of hydrogen-bond acceptors (Lipinski definition) is 3. The second-order valence-electron chi connectivity index (χ2n) is 10.2. The molecule has 0 aromatic carbocycles. The molecule has 0 aromatic heterocycles. The molecule has 30 heavy (non-hydrogen) atoms. The normalized spacial score (nSPS) is 28.5. The summed E-state index contributed by atoms with van der Waals surface area (Å²) in [5.41, 5.74) is 0. The second-order valence-corrected chi connectivity index (χ2v) is 15.0. The Morgan fingerprint density at radius 3 is 1.73 bits per heavy atom. The first kappa shape index (κ1) is 24.5. The van der Waals surface area contributed by atoms with E-state index in [0.717, 1.165) is 6.61 Å². The summed E-state index contributed by atoms with van der Waals surface area (Å²) < 4.78 is 19.8. The molecule has 3 aliphatic rings. The fraction of sp³-hybridized carbons (Fsp3) is 0.920. The summed E-state index contributed by atoms with van der Waals surface area (Å²) in [6, 6.07) is 3.64. The Morgan fingerprint density at radius 2 is 1.30 bits per heavy atom. The van der Waals surface area contributed by atoms with Crippen molar-refractivity contribution in [3.05, 3.63) is 12.2 Å². The summed E-state index contributed by atoms with van der Waals surface area (Å²) in [7, 11) is -1.58. The van der Waals surface area contributed by atoms with E-state index in [1.807, 2.05) is 0 Å². The van der Waals surface area contributed by atoms with Gasteiger partial charge in [-0.3, -0.25) is 0 Å². The van der Waals surface area contributed by atoms with Gasteiger partial charge < -0.3 is 13.7 Å². The van der Waals surface area contributed by atoms with E-state index in [1.54, 1.807) is 0 Å². The molecule has 1 aliphatic heterocycles. The molecule has 0 radical (unpaired) electrons. The van der Waals surface area contributed by atoms with Crippen molar-refractivity contribution in [2.75, 3.05) is 6.61 Å². The smallest absolute Gasteiger partial charge is 0.413 e. The Labute approximate surface area is 188 Å². The van der Waals surface area contributed by atoms with E-state index in [-0.39, 0.29) is 12.9 Å². The summed E-state index contributed by atoms with van der Waals surface area (Å²) in [5, 5.41) is 0. The minimum atomic E-state index is -1.50. The molecule has 1 heterocycles. The highest BCUT2D eigenvalue weighted by Crippen LogP contribution is 2.42. The van der Waals surface area contributed by atoms with Crippen LogP contribution in [0.3, 0.4) is 0 Å². The van der Waals surface area contributed by atoms with Gasteiger partial charge in [-0.2, -0.15) is 0 Å². The number of allylic oxidation sites excluding steroid dienone is 1. The van der Waals surface area contributed by atoms with Crippen molar-refractivity contribution >= 4 is 15.4 Å². The van der Waals surface area contributed by atoms with Gasteiger partial charge in [0.2, 0.25) is 0 Å². The van der Waals surface area contributed by atoms with Crippen LogP contribution in [-0.2, 0) is 13.7 Å². The first-order valence-corrected chi connectivity index (χ1v) is 15.8. The zero-order valence-electron chi connectivity index (χ0n) is 20.2. The third-order valence-electron chi connectivity index (χ3n) is 8.42. The van der Waals surface area contributed by atoms with Gasteiger partial charge in [-0.1, -0.05) is 78.4 Å². The van der Waals surface area contributed by atoms with Gasteiger partial charge in [-0.15, -0.1) is 0 Å². The molecular weight excluding hydrogens is 387 g/mol. The van der Waals surface area contributed by atoms with Crippen LogP contribution in [0.2, 0.25) is 23.9 Å². The lowest BCUT2D eigenvalue weighted by Crippen LogP contribution is -2.38. The molecule has 3 nitrogen and oxygen atoms in total. The van der Waals surface area contributed by atoms with Gasteiger partial charge in [-0.05, 0) is 55.7 Å². The molecule has 0 unspecified atom stereocenters. The first-order valence-electron chi connectivity index (χ1n) is 13.2. The molecule has 2 aliphatic carbocycles. The molecule has 0 spiro atoms. The lowest BCUT2D eigenvalue weighted by Gasteiger charge is -2.35. The predicted octanol–water partition coefficient (Wildman–Crippen LogP) is 7.39. The van der Waals surface area contributed by atoms with Crippen LogP contribution in [0.4, 0.5) is 0 Å². The highest BCUT2D eigenvalue weighted by atomic mass is 28.4. The minimum Gasteiger partial charge on any atom is -0.413 e. The summed E-state index contributed by atoms with van der Waals surface area (Å²) in [5.74, 6) is 1.70. The third kappa shape index (κ3) is 6.24. The Kier molecular flexibility index (Phi) is 10.0. The van der Waals surface area contributed by atoms with Gasteiger partial charge in [0.05, 0.1) is 18.8 Å². The fourth-order valence-corrected chi connectivity index (χ4v) is 8.63. The van der Waals surface area contributed by atoms with E-state index < -0.39 is 8.32 Å². The molecule has 172 valence electrons. The molecule has 0 bridgehead atoms. The van der Waals surface area contributed by atoms with Gasteiger partial charge in [0.25, 0.3) is 0 Å². The molecule has 2 saturated carbocycles. The highest BCUT2D eigenvalue weighted by Gasteiger charge is 2.48. The SMILES string of the molecule is CC[Si](CC)(CC)OC/C=C\[C@@H](C)B1O[C@H](C2CCCCC2)[C@@H](C2CCCCC2)O1. The maximum Gasteiger partial charge on any atom is 0.464 e. The molecule has 1 saturated heterocycles. The number of rotatable bonds is 10. The molecule has 3 rings (SSSR count). The Bertz CT molecular complexity index is 478. The fourth-order valence-electron chi connectivity index (χ4n) is 6.07. The van der Waals surface area contributed by atoms with Crippen LogP contribution >= 0.6 is 0 Å². The van der Waals surface area contributed by atoms with E-state index >= 15 is 0 Å². The summed E-state index contributed by atoms with van der Waals surface area (Å²) in [4.78, 5) is 0. The molecule has 3 fully saturated rings. The van der Waals surface area contributed by atoms with Crippen LogP contribution in [-0.4, -0.2) is 34.3 Å². The van der Waals surface area contributed by atoms with Gasteiger partial charge in [0.15, 0.2) is 8.32 Å².